The quantitative estimate of drug-likeness (QED) is 0.735. The van der Waals surface area contributed by atoms with Crippen LogP contribution in [-0.4, -0.2) is 4.98 Å². The monoisotopic (exact) mass is 188 g/mol. The minimum atomic E-state index is 0.770. The van der Waals surface area contributed by atoms with E-state index in [2.05, 4.69) is 4.98 Å². The fourth-order valence-electron chi connectivity index (χ4n) is 1.32. The van der Waals surface area contributed by atoms with Crippen LogP contribution in [0.3, 0.4) is 0 Å². The molecule has 1 heterocycles. The Morgan fingerprint density at radius 1 is 1.29 bits per heavy atom. The summed E-state index contributed by atoms with van der Waals surface area (Å²) in [6, 6.07) is 7.77. The topological polar surface area (TPSA) is 52.0 Å². The molecule has 3 heteroatoms. The highest BCUT2D eigenvalue weighted by Crippen LogP contribution is 2.13. The van der Waals surface area contributed by atoms with Crippen LogP contribution in [0.25, 0.3) is 0 Å². The Morgan fingerprint density at radius 3 is 2.57 bits per heavy atom. The van der Waals surface area contributed by atoms with Crippen LogP contribution in [0.1, 0.15) is 17.0 Å². The fourth-order valence-corrected chi connectivity index (χ4v) is 1.32. The van der Waals surface area contributed by atoms with Crippen LogP contribution >= 0.6 is 0 Å². The summed E-state index contributed by atoms with van der Waals surface area (Å²) in [5, 5.41) is 0. The largest absolute Gasteiger partial charge is 0.448 e. The number of aromatic nitrogens is 1. The molecule has 1 aromatic carbocycles. The summed E-state index contributed by atoms with van der Waals surface area (Å²) in [7, 11) is 0. The second-order valence-corrected chi connectivity index (χ2v) is 3.28. The average Bonchev–Trinajstić information content (AvgIpc) is 2.56. The van der Waals surface area contributed by atoms with Gasteiger partial charge < -0.3 is 10.2 Å². The Labute approximate surface area is 82.6 Å². The van der Waals surface area contributed by atoms with Gasteiger partial charge in [0.15, 0.2) is 6.39 Å². The number of benzene rings is 1. The molecule has 0 fully saturated rings. The van der Waals surface area contributed by atoms with Crippen LogP contribution in [0.4, 0.5) is 5.69 Å². The van der Waals surface area contributed by atoms with E-state index in [1.807, 2.05) is 31.2 Å². The van der Waals surface area contributed by atoms with Crippen LogP contribution in [0.5, 0.6) is 0 Å². The Hall–Kier alpha value is -1.77. The second kappa shape index (κ2) is 3.54. The Morgan fingerprint density at radius 2 is 2.00 bits per heavy atom. The van der Waals surface area contributed by atoms with Gasteiger partial charge in [0.2, 0.25) is 0 Å². The summed E-state index contributed by atoms with van der Waals surface area (Å²) in [6.07, 6.45) is 2.24. The highest BCUT2D eigenvalue weighted by molar-refractivity contribution is 5.40. The van der Waals surface area contributed by atoms with Gasteiger partial charge in [-0.3, -0.25) is 0 Å². The lowest BCUT2D eigenvalue weighted by molar-refractivity contribution is 0.512. The number of oxazole rings is 1. The molecular formula is C11H12N2O. The number of hydrogen-bond donors (Lipinski definition) is 1. The summed E-state index contributed by atoms with van der Waals surface area (Å²) in [5.41, 5.74) is 8.50. The zero-order chi connectivity index (χ0) is 9.97. The summed E-state index contributed by atoms with van der Waals surface area (Å²) in [5.74, 6) is 0.912. The summed E-state index contributed by atoms with van der Waals surface area (Å²) in [4.78, 5) is 4.04. The second-order valence-electron chi connectivity index (χ2n) is 3.28. The first-order chi connectivity index (χ1) is 6.75. The molecule has 0 aliphatic carbocycles. The molecule has 0 unspecified atom stereocenters. The van der Waals surface area contributed by atoms with E-state index in [1.54, 1.807) is 0 Å². The molecule has 0 saturated carbocycles. The molecule has 2 aromatic rings. The van der Waals surface area contributed by atoms with Gasteiger partial charge in [-0.1, -0.05) is 12.1 Å². The number of anilines is 1. The van der Waals surface area contributed by atoms with Crippen molar-refractivity contribution < 1.29 is 4.42 Å². The van der Waals surface area contributed by atoms with Gasteiger partial charge in [0.05, 0.1) is 5.69 Å². The smallest absolute Gasteiger partial charge is 0.181 e. The molecule has 0 aliphatic heterocycles. The number of rotatable bonds is 2. The summed E-state index contributed by atoms with van der Waals surface area (Å²) in [6.45, 7) is 1.94. The van der Waals surface area contributed by atoms with Gasteiger partial charge >= 0.3 is 0 Å². The molecule has 0 atom stereocenters. The minimum absolute atomic E-state index is 0.770. The average molecular weight is 188 g/mol. The van der Waals surface area contributed by atoms with Crippen LogP contribution in [0, 0.1) is 6.92 Å². The van der Waals surface area contributed by atoms with Crippen molar-refractivity contribution in [3.63, 3.8) is 0 Å². The predicted octanol–water partition coefficient (Wildman–Crippen LogP) is 2.16. The van der Waals surface area contributed by atoms with Gasteiger partial charge in [-0.05, 0) is 24.6 Å². The fraction of sp³-hybridized carbons (Fsp3) is 0.182. The molecule has 0 bridgehead atoms. The van der Waals surface area contributed by atoms with Crippen molar-refractivity contribution in [2.75, 3.05) is 5.73 Å². The SMILES string of the molecule is Cc1ncoc1Cc1ccc(N)cc1. The third kappa shape index (κ3) is 1.76. The van der Waals surface area contributed by atoms with Gasteiger partial charge in [-0.15, -0.1) is 0 Å². The third-order valence-corrected chi connectivity index (χ3v) is 2.19. The molecule has 3 nitrogen and oxygen atoms in total. The number of nitrogens with two attached hydrogens (primary N) is 1. The van der Waals surface area contributed by atoms with Crippen molar-refractivity contribution in [1.82, 2.24) is 4.98 Å². The third-order valence-electron chi connectivity index (χ3n) is 2.19. The molecule has 0 aliphatic rings. The first-order valence-electron chi connectivity index (χ1n) is 4.49. The van der Waals surface area contributed by atoms with Crippen molar-refractivity contribution >= 4 is 5.69 Å². The Kier molecular flexibility index (Phi) is 2.23. The first kappa shape index (κ1) is 8.81. The maximum absolute atomic E-state index is 5.59. The molecular weight excluding hydrogens is 176 g/mol. The zero-order valence-electron chi connectivity index (χ0n) is 8.03. The highest BCUT2D eigenvalue weighted by atomic mass is 16.3. The van der Waals surface area contributed by atoms with E-state index in [0.29, 0.717) is 0 Å². The van der Waals surface area contributed by atoms with Crippen molar-refractivity contribution in [3.8, 4) is 0 Å². The number of hydrogen-bond acceptors (Lipinski definition) is 3. The Bertz CT molecular complexity index is 417. The molecule has 2 N–H and O–H groups in total. The van der Waals surface area contributed by atoms with Gasteiger partial charge in [0.1, 0.15) is 5.76 Å². The minimum Gasteiger partial charge on any atom is -0.448 e. The zero-order valence-corrected chi connectivity index (χ0v) is 8.03. The molecule has 72 valence electrons. The van der Waals surface area contributed by atoms with E-state index in [4.69, 9.17) is 10.2 Å². The van der Waals surface area contributed by atoms with E-state index in [-0.39, 0.29) is 0 Å². The van der Waals surface area contributed by atoms with Gasteiger partial charge in [0.25, 0.3) is 0 Å². The van der Waals surface area contributed by atoms with Crippen LogP contribution in [0.15, 0.2) is 35.1 Å². The Balaban J connectivity index is 2.19. The molecule has 0 spiro atoms. The lowest BCUT2D eigenvalue weighted by atomic mass is 10.1. The molecule has 2 rings (SSSR count). The van der Waals surface area contributed by atoms with Crippen LogP contribution in [-0.2, 0) is 6.42 Å². The van der Waals surface area contributed by atoms with Crippen LogP contribution in [0.2, 0.25) is 0 Å². The van der Waals surface area contributed by atoms with E-state index in [1.165, 1.54) is 12.0 Å². The molecule has 14 heavy (non-hydrogen) atoms. The predicted molar refractivity (Wildman–Crippen MR) is 54.9 cm³/mol. The summed E-state index contributed by atoms with van der Waals surface area (Å²) < 4.78 is 5.26. The maximum atomic E-state index is 5.59. The van der Waals surface area contributed by atoms with Gasteiger partial charge in [-0.25, -0.2) is 4.98 Å². The molecule has 0 radical (unpaired) electrons. The van der Waals surface area contributed by atoms with Crippen molar-refractivity contribution in [1.29, 1.82) is 0 Å². The normalized spacial score (nSPS) is 10.4. The highest BCUT2D eigenvalue weighted by Gasteiger charge is 2.03. The summed E-state index contributed by atoms with van der Waals surface area (Å²) >= 11 is 0. The van der Waals surface area contributed by atoms with Gasteiger partial charge in [0, 0.05) is 12.1 Å². The lowest BCUT2D eigenvalue weighted by Gasteiger charge is -1.99. The van der Waals surface area contributed by atoms with Crippen molar-refractivity contribution in [3.05, 3.63) is 47.7 Å². The first-order valence-corrected chi connectivity index (χ1v) is 4.49. The number of nitrogen functional groups attached to an aromatic ring is 1. The maximum Gasteiger partial charge on any atom is 0.181 e. The van der Waals surface area contributed by atoms with E-state index >= 15 is 0 Å². The van der Waals surface area contributed by atoms with Crippen molar-refractivity contribution in [2.45, 2.75) is 13.3 Å². The van der Waals surface area contributed by atoms with Crippen LogP contribution < -0.4 is 5.73 Å². The standard InChI is InChI=1S/C11H12N2O/c1-8-11(14-7-13-8)6-9-2-4-10(12)5-3-9/h2-5,7H,6,12H2,1H3. The van der Waals surface area contributed by atoms with E-state index in [9.17, 15) is 0 Å². The lowest BCUT2D eigenvalue weighted by Crippen LogP contribution is -1.90. The number of nitrogens with zero attached hydrogens (tertiary/aromatic N) is 1. The van der Waals surface area contributed by atoms with E-state index < -0.39 is 0 Å². The molecule has 0 saturated heterocycles. The molecule has 1 aromatic heterocycles. The van der Waals surface area contributed by atoms with E-state index in [0.717, 1.165) is 23.6 Å². The van der Waals surface area contributed by atoms with Crippen molar-refractivity contribution in [2.24, 2.45) is 0 Å². The van der Waals surface area contributed by atoms with Gasteiger partial charge in [-0.2, -0.15) is 0 Å². The molecule has 0 amide bonds. The number of aryl methyl sites for hydroxylation is 1.